The first-order chi connectivity index (χ1) is 8.56. The third kappa shape index (κ3) is 3.60. The van der Waals surface area contributed by atoms with Crippen LogP contribution in [0.2, 0.25) is 0 Å². The van der Waals surface area contributed by atoms with Crippen molar-refractivity contribution in [2.75, 3.05) is 5.32 Å². The standard InChI is InChI=1S/C15H15I2N/c1-10-3-8-14(9-15(10)17)18-11(2)12-4-6-13(16)7-5-12/h3-9,11,18H,1-2H3. The molecule has 1 atom stereocenters. The molecule has 0 aliphatic rings. The Morgan fingerprint density at radius 2 is 1.67 bits per heavy atom. The Hall–Kier alpha value is -0.300. The normalized spacial score (nSPS) is 12.2. The summed E-state index contributed by atoms with van der Waals surface area (Å²) in [5.74, 6) is 0. The molecular formula is C15H15I2N. The van der Waals surface area contributed by atoms with Gasteiger partial charge in [0.2, 0.25) is 0 Å². The van der Waals surface area contributed by atoms with Crippen LogP contribution in [-0.4, -0.2) is 0 Å². The van der Waals surface area contributed by atoms with Crippen LogP contribution < -0.4 is 5.32 Å². The molecule has 0 amide bonds. The number of rotatable bonds is 3. The third-order valence-corrected chi connectivity index (χ3v) is 4.81. The molecule has 1 N–H and O–H groups in total. The lowest BCUT2D eigenvalue weighted by Crippen LogP contribution is -2.06. The van der Waals surface area contributed by atoms with Crippen molar-refractivity contribution in [3.8, 4) is 0 Å². The van der Waals surface area contributed by atoms with Crippen molar-refractivity contribution >= 4 is 50.9 Å². The highest BCUT2D eigenvalue weighted by atomic mass is 127. The van der Waals surface area contributed by atoms with E-state index >= 15 is 0 Å². The first-order valence-corrected chi connectivity index (χ1v) is 8.00. The van der Waals surface area contributed by atoms with Crippen LogP contribution in [0.5, 0.6) is 0 Å². The average Bonchev–Trinajstić information content (AvgIpc) is 2.34. The second kappa shape index (κ2) is 6.23. The number of aryl methyl sites for hydroxylation is 1. The van der Waals surface area contributed by atoms with E-state index in [0.29, 0.717) is 6.04 Å². The summed E-state index contributed by atoms with van der Waals surface area (Å²) >= 11 is 4.70. The van der Waals surface area contributed by atoms with Gasteiger partial charge in [-0.2, -0.15) is 0 Å². The van der Waals surface area contributed by atoms with E-state index in [4.69, 9.17) is 0 Å². The molecule has 0 saturated heterocycles. The van der Waals surface area contributed by atoms with E-state index in [-0.39, 0.29) is 0 Å². The van der Waals surface area contributed by atoms with Crippen molar-refractivity contribution in [1.82, 2.24) is 0 Å². The molecule has 18 heavy (non-hydrogen) atoms. The second-order valence-corrected chi connectivity index (χ2v) is 6.79. The van der Waals surface area contributed by atoms with Gasteiger partial charge in [0.05, 0.1) is 0 Å². The van der Waals surface area contributed by atoms with Gasteiger partial charge in [-0.25, -0.2) is 0 Å². The summed E-state index contributed by atoms with van der Waals surface area (Å²) in [6, 6.07) is 15.5. The Balaban J connectivity index is 2.13. The molecule has 0 saturated carbocycles. The molecular weight excluding hydrogens is 448 g/mol. The fraction of sp³-hybridized carbons (Fsp3) is 0.200. The number of hydrogen-bond donors (Lipinski definition) is 1. The van der Waals surface area contributed by atoms with E-state index in [2.05, 4.69) is 107 Å². The summed E-state index contributed by atoms with van der Waals surface area (Å²) in [7, 11) is 0. The van der Waals surface area contributed by atoms with Gasteiger partial charge in [0.15, 0.2) is 0 Å². The summed E-state index contributed by atoms with van der Waals surface area (Å²) in [6.07, 6.45) is 0. The molecule has 0 fully saturated rings. The predicted octanol–water partition coefficient (Wildman–Crippen LogP) is 5.38. The first-order valence-electron chi connectivity index (χ1n) is 5.84. The van der Waals surface area contributed by atoms with Crippen LogP contribution in [-0.2, 0) is 0 Å². The van der Waals surface area contributed by atoms with Crippen LogP contribution >= 0.6 is 45.2 Å². The molecule has 2 aromatic carbocycles. The summed E-state index contributed by atoms with van der Waals surface area (Å²) in [5.41, 5.74) is 3.81. The van der Waals surface area contributed by atoms with Gasteiger partial charge in [0.25, 0.3) is 0 Å². The molecule has 0 radical (unpaired) electrons. The monoisotopic (exact) mass is 463 g/mol. The SMILES string of the molecule is Cc1ccc(NC(C)c2ccc(I)cc2)cc1I. The number of anilines is 1. The molecule has 1 nitrogen and oxygen atoms in total. The zero-order chi connectivity index (χ0) is 13.1. The van der Waals surface area contributed by atoms with Crippen LogP contribution in [0.1, 0.15) is 24.1 Å². The smallest absolute Gasteiger partial charge is 0.0485 e. The zero-order valence-electron chi connectivity index (χ0n) is 10.4. The molecule has 0 bridgehead atoms. The lowest BCUT2D eigenvalue weighted by molar-refractivity contribution is 0.884. The van der Waals surface area contributed by atoms with E-state index in [0.717, 1.165) is 0 Å². The molecule has 2 rings (SSSR count). The highest BCUT2D eigenvalue weighted by Crippen LogP contribution is 2.22. The molecule has 0 spiro atoms. The zero-order valence-corrected chi connectivity index (χ0v) is 14.7. The average molecular weight is 463 g/mol. The number of halogens is 2. The van der Waals surface area contributed by atoms with Gasteiger partial charge in [0, 0.05) is 18.9 Å². The molecule has 0 heterocycles. The van der Waals surface area contributed by atoms with Gasteiger partial charge in [-0.05, 0) is 94.4 Å². The van der Waals surface area contributed by atoms with Crippen molar-refractivity contribution in [2.24, 2.45) is 0 Å². The largest absolute Gasteiger partial charge is 0.378 e. The van der Waals surface area contributed by atoms with E-state index in [1.165, 1.54) is 24.0 Å². The van der Waals surface area contributed by atoms with Crippen molar-refractivity contribution in [1.29, 1.82) is 0 Å². The van der Waals surface area contributed by atoms with Crippen LogP contribution in [0.4, 0.5) is 5.69 Å². The Labute approximate surface area is 136 Å². The molecule has 1 unspecified atom stereocenters. The first kappa shape index (κ1) is 14.1. The predicted molar refractivity (Wildman–Crippen MR) is 95.1 cm³/mol. The number of benzene rings is 2. The topological polar surface area (TPSA) is 12.0 Å². The van der Waals surface area contributed by atoms with Crippen LogP contribution in [0.3, 0.4) is 0 Å². The number of nitrogens with one attached hydrogen (secondary N) is 1. The highest BCUT2D eigenvalue weighted by Gasteiger charge is 2.05. The quantitative estimate of drug-likeness (QED) is 0.604. The van der Waals surface area contributed by atoms with Gasteiger partial charge >= 0.3 is 0 Å². The van der Waals surface area contributed by atoms with Gasteiger partial charge in [0.1, 0.15) is 0 Å². The van der Waals surface area contributed by atoms with Crippen LogP contribution in [0, 0.1) is 14.1 Å². The van der Waals surface area contributed by atoms with Crippen molar-refractivity contribution < 1.29 is 0 Å². The Bertz CT molecular complexity index is 535. The Morgan fingerprint density at radius 1 is 1.00 bits per heavy atom. The highest BCUT2D eigenvalue weighted by molar-refractivity contribution is 14.1. The van der Waals surface area contributed by atoms with Crippen molar-refractivity contribution in [2.45, 2.75) is 19.9 Å². The summed E-state index contributed by atoms with van der Waals surface area (Å²) in [6.45, 7) is 4.32. The maximum atomic E-state index is 3.54. The molecule has 3 heteroatoms. The fourth-order valence-electron chi connectivity index (χ4n) is 1.77. The van der Waals surface area contributed by atoms with E-state index in [9.17, 15) is 0 Å². The lowest BCUT2D eigenvalue weighted by Gasteiger charge is -2.16. The molecule has 0 aliphatic carbocycles. The van der Waals surface area contributed by atoms with Gasteiger partial charge in [-0.15, -0.1) is 0 Å². The molecule has 0 aromatic heterocycles. The summed E-state index contributed by atoms with van der Waals surface area (Å²) < 4.78 is 2.57. The summed E-state index contributed by atoms with van der Waals surface area (Å²) in [4.78, 5) is 0. The van der Waals surface area contributed by atoms with Gasteiger partial charge in [-0.1, -0.05) is 18.2 Å². The maximum Gasteiger partial charge on any atom is 0.0485 e. The minimum atomic E-state index is 0.320. The third-order valence-electron chi connectivity index (χ3n) is 2.93. The molecule has 2 aromatic rings. The van der Waals surface area contributed by atoms with E-state index < -0.39 is 0 Å². The maximum absolute atomic E-state index is 3.54. The Morgan fingerprint density at radius 3 is 2.28 bits per heavy atom. The molecule has 94 valence electrons. The minimum Gasteiger partial charge on any atom is -0.378 e. The van der Waals surface area contributed by atoms with Gasteiger partial charge < -0.3 is 5.32 Å². The van der Waals surface area contributed by atoms with Crippen molar-refractivity contribution in [3.05, 3.63) is 60.7 Å². The van der Waals surface area contributed by atoms with E-state index in [1.807, 2.05) is 0 Å². The number of hydrogen-bond acceptors (Lipinski definition) is 1. The van der Waals surface area contributed by atoms with Gasteiger partial charge in [-0.3, -0.25) is 0 Å². The van der Waals surface area contributed by atoms with Crippen molar-refractivity contribution in [3.63, 3.8) is 0 Å². The van der Waals surface area contributed by atoms with Crippen LogP contribution in [0.25, 0.3) is 0 Å². The fourth-order valence-corrected chi connectivity index (χ4v) is 2.64. The van der Waals surface area contributed by atoms with Crippen LogP contribution in [0.15, 0.2) is 42.5 Å². The minimum absolute atomic E-state index is 0.320. The van der Waals surface area contributed by atoms with E-state index in [1.54, 1.807) is 0 Å². The second-order valence-electron chi connectivity index (χ2n) is 4.38. The molecule has 0 aliphatic heterocycles. The Kier molecular flexibility index (Phi) is 4.89. The summed E-state index contributed by atoms with van der Waals surface area (Å²) in [5, 5.41) is 3.54. The lowest BCUT2D eigenvalue weighted by atomic mass is 10.1.